The summed E-state index contributed by atoms with van der Waals surface area (Å²) >= 11 is 1.24. The van der Waals surface area contributed by atoms with Crippen molar-refractivity contribution in [2.24, 2.45) is 5.84 Å². The van der Waals surface area contributed by atoms with Crippen LogP contribution in [0.2, 0.25) is 0 Å². The molecule has 1 aromatic carbocycles. The molecule has 2 aromatic rings. The van der Waals surface area contributed by atoms with Crippen molar-refractivity contribution in [3.63, 3.8) is 0 Å². The first kappa shape index (κ1) is 13.3. The van der Waals surface area contributed by atoms with Crippen LogP contribution in [0.4, 0.5) is 11.5 Å². The van der Waals surface area contributed by atoms with E-state index in [1.54, 1.807) is 0 Å². The molecule has 0 saturated heterocycles. The van der Waals surface area contributed by atoms with Gasteiger partial charge in [-0.2, -0.15) is 0 Å². The van der Waals surface area contributed by atoms with Gasteiger partial charge >= 0.3 is 5.69 Å². The van der Waals surface area contributed by atoms with Crippen LogP contribution in [-0.2, 0) is 0 Å². The van der Waals surface area contributed by atoms with Gasteiger partial charge in [0.05, 0.1) is 4.92 Å². The third-order valence-electron chi connectivity index (χ3n) is 2.39. The van der Waals surface area contributed by atoms with Crippen LogP contribution in [0.25, 0.3) is 0 Å². The van der Waals surface area contributed by atoms with E-state index in [1.165, 1.54) is 23.9 Å². The summed E-state index contributed by atoms with van der Waals surface area (Å²) in [5, 5.41) is 11.3. The average molecular weight is 276 g/mol. The standard InChI is InChI=1S/C12H12N4O2S/c1-8-3-2-4-9(7-8)19-12-10(16(17)18)5-6-11(14-12)15-13/h2-7H,13H2,1H3,(H,14,15). The highest BCUT2D eigenvalue weighted by Gasteiger charge is 2.17. The Balaban J connectivity index is 2.39. The Hall–Kier alpha value is -2.12. The first-order valence-electron chi connectivity index (χ1n) is 5.46. The lowest BCUT2D eigenvalue weighted by atomic mass is 10.2. The predicted octanol–water partition coefficient (Wildman–Crippen LogP) is 2.74. The van der Waals surface area contributed by atoms with Crippen molar-refractivity contribution >= 4 is 23.3 Å². The summed E-state index contributed by atoms with van der Waals surface area (Å²) < 4.78 is 0. The lowest BCUT2D eigenvalue weighted by Gasteiger charge is -2.05. The quantitative estimate of drug-likeness (QED) is 0.506. The number of nitrogens with two attached hydrogens (primary N) is 1. The maximum atomic E-state index is 11.0. The molecule has 1 heterocycles. The van der Waals surface area contributed by atoms with E-state index in [1.807, 2.05) is 31.2 Å². The minimum absolute atomic E-state index is 0.0366. The second-order valence-corrected chi connectivity index (χ2v) is 4.90. The summed E-state index contributed by atoms with van der Waals surface area (Å²) in [6, 6.07) is 10.5. The van der Waals surface area contributed by atoms with Gasteiger partial charge in [-0.1, -0.05) is 29.5 Å². The molecule has 0 radical (unpaired) electrons. The van der Waals surface area contributed by atoms with Crippen molar-refractivity contribution in [3.8, 4) is 0 Å². The summed E-state index contributed by atoms with van der Waals surface area (Å²) in [4.78, 5) is 15.5. The molecule has 0 aliphatic rings. The number of hydrazine groups is 1. The number of rotatable bonds is 4. The number of anilines is 1. The van der Waals surface area contributed by atoms with E-state index in [-0.39, 0.29) is 5.69 Å². The van der Waals surface area contributed by atoms with E-state index in [0.717, 1.165) is 10.5 Å². The van der Waals surface area contributed by atoms with Gasteiger partial charge in [0, 0.05) is 11.0 Å². The zero-order valence-electron chi connectivity index (χ0n) is 10.2. The Morgan fingerprint density at radius 3 is 2.79 bits per heavy atom. The molecule has 0 unspecified atom stereocenters. The maximum Gasteiger partial charge on any atom is 0.301 e. The Bertz CT molecular complexity index is 618. The topological polar surface area (TPSA) is 94.1 Å². The summed E-state index contributed by atoms with van der Waals surface area (Å²) in [5.41, 5.74) is 3.43. The molecular weight excluding hydrogens is 264 g/mol. The number of hydrogen-bond donors (Lipinski definition) is 2. The molecule has 6 nitrogen and oxygen atoms in total. The molecule has 98 valence electrons. The van der Waals surface area contributed by atoms with Crippen molar-refractivity contribution in [3.05, 3.63) is 52.1 Å². The number of benzene rings is 1. The Morgan fingerprint density at radius 2 is 2.16 bits per heavy atom. The lowest BCUT2D eigenvalue weighted by Crippen LogP contribution is -2.09. The molecule has 0 fully saturated rings. The molecule has 19 heavy (non-hydrogen) atoms. The van der Waals surface area contributed by atoms with Crippen LogP contribution in [0.5, 0.6) is 0 Å². The molecule has 0 atom stereocenters. The molecule has 0 spiro atoms. The first-order valence-corrected chi connectivity index (χ1v) is 6.28. The largest absolute Gasteiger partial charge is 0.308 e. The van der Waals surface area contributed by atoms with Crippen LogP contribution in [-0.4, -0.2) is 9.91 Å². The molecule has 3 N–H and O–H groups in total. The van der Waals surface area contributed by atoms with Gasteiger partial charge in [-0.15, -0.1) is 0 Å². The third-order valence-corrected chi connectivity index (χ3v) is 3.37. The number of nitrogen functional groups attached to an aromatic ring is 1. The normalized spacial score (nSPS) is 10.2. The zero-order valence-corrected chi connectivity index (χ0v) is 11.0. The van der Waals surface area contributed by atoms with Gasteiger partial charge in [0.1, 0.15) is 5.82 Å². The molecular formula is C12H12N4O2S. The Labute approximate surface area is 114 Å². The van der Waals surface area contributed by atoms with E-state index >= 15 is 0 Å². The number of aromatic nitrogens is 1. The SMILES string of the molecule is Cc1cccc(Sc2nc(NN)ccc2[N+](=O)[O-])c1. The average Bonchev–Trinajstić information content (AvgIpc) is 2.38. The van der Waals surface area contributed by atoms with Gasteiger partial charge in [0.2, 0.25) is 0 Å². The Morgan fingerprint density at radius 1 is 1.37 bits per heavy atom. The molecule has 2 rings (SSSR count). The minimum atomic E-state index is -0.453. The zero-order chi connectivity index (χ0) is 13.8. The second-order valence-electron chi connectivity index (χ2n) is 3.84. The lowest BCUT2D eigenvalue weighted by molar-refractivity contribution is -0.388. The highest BCUT2D eigenvalue weighted by atomic mass is 32.2. The fourth-order valence-corrected chi connectivity index (χ4v) is 2.52. The van der Waals surface area contributed by atoms with Crippen LogP contribution >= 0.6 is 11.8 Å². The number of nitro groups is 1. The second kappa shape index (κ2) is 5.68. The van der Waals surface area contributed by atoms with Gasteiger partial charge in [0.25, 0.3) is 0 Å². The van der Waals surface area contributed by atoms with Crippen LogP contribution in [0.15, 0.2) is 46.3 Å². The van der Waals surface area contributed by atoms with Crippen molar-refractivity contribution < 1.29 is 4.92 Å². The van der Waals surface area contributed by atoms with Crippen LogP contribution < -0.4 is 11.3 Å². The van der Waals surface area contributed by atoms with Gasteiger partial charge < -0.3 is 5.43 Å². The van der Waals surface area contributed by atoms with Gasteiger partial charge in [-0.3, -0.25) is 10.1 Å². The van der Waals surface area contributed by atoms with Crippen molar-refractivity contribution in [1.29, 1.82) is 0 Å². The van der Waals surface area contributed by atoms with Crippen molar-refractivity contribution in [1.82, 2.24) is 4.98 Å². The monoisotopic (exact) mass is 276 g/mol. The van der Waals surface area contributed by atoms with Gasteiger partial charge in [-0.05, 0) is 25.1 Å². The summed E-state index contributed by atoms with van der Waals surface area (Å²) in [7, 11) is 0. The van der Waals surface area contributed by atoms with E-state index in [4.69, 9.17) is 5.84 Å². The molecule has 0 aliphatic carbocycles. The molecule has 0 saturated carbocycles. The number of pyridine rings is 1. The predicted molar refractivity (Wildman–Crippen MR) is 74.0 cm³/mol. The summed E-state index contributed by atoms with van der Waals surface area (Å²) in [6.07, 6.45) is 0. The minimum Gasteiger partial charge on any atom is -0.308 e. The number of nitrogens with zero attached hydrogens (tertiary/aromatic N) is 2. The molecule has 0 aliphatic heterocycles. The summed E-state index contributed by atoms with van der Waals surface area (Å²) in [6.45, 7) is 1.96. The van der Waals surface area contributed by atoms with Crippen LogP contribution in [0.1, 0.15) is 5.56 Å². The highest BCUT2D eigenvalue weighted by Crippen LogP contribution is 2.34. The first-order chi connectivity index (χ1) is 9.10. The number of nitrogens with one attached hydrogen (secondary N) is 1. The van der Waals surface area contributed by atoms with E-state index < -0.39 is 4.92 Å². The van der Waals surface area contributed by atoms with Crippen LogP contribution in [0.3, 0.4) is 0 Å². The molecule has 0 amide bonds. The van der Waals surface area contributed by atoms with Gasteiger partial charge in [-0.25, -0.2) is 10.8 Å². The smallest absolute Gasteiger partial charge is 0.301 e. The van der Waals surface area contributed by atoms with E-state index in [0.29, 0.717) is 10.8 Å². The van der Waals surface area contributed by atoms with E-state index in [9.17, 15) is 10.1 Å². The fraction of sp³-hybridized carbons (Fsp3) is 0.0833. The highest BCUT2D eigenvalue weighted by molar-refractivity contribution is 7.99. The summed E-state index contributed by atoms with van der Waals surface area (Å²) in [5.74, 6) is 5.66. The molecule has 0 bridgehead atoms. The maximum absolute atomic E-state index is 11.0. The molecule has 7 heteroatoms. The third kappa shape index (κ3) is 3.21. The van der Waals surface area contributed by atoms with E-state index in [2.05, 4.69) is 10.4 Å². The number of hydrogen-bond acceptors (Lipinski definition) is 6. The number of aryl methyl sites for hydroxylation is 1. The Kier molecular flexibility index (Phi) is 3.98. The van der Waals surface area contributed by atoms with Crippen molar-refractivity contribution in [2.45, 2.75) is 16.8 Å². The van der Waals surface area contributed by atoms with Gasteiger partial charge in [0.15, 0.2) is 5.03 Å². The van der Waals surface area contributed by atoms with Crippen LogP contribution in [0, 0.1) is 17.0 Å². The van der Waals surface area contributed by atoms with Crippen molar-refractivity contribution in [2.75, 3.05) is 5.43 Å². The molecule has 1 aromatic heterocycles. The fourth-order valence-electron chi connectivity index (χ4n) is 1.52.